The number of carbonyl (C=O) groups excluding carboxylic acids is 2. The maximum Gasteiger partial charge on any atom is 0.326 e. The summed E-state index contributed by atoms with van der Waals surface area (Å²) < 4.78 is 9.59. The number of likely N-dealkylation sites (tertiary alicyclic amines) is 1. The van der Waals surface area contributed by atoms with Gasteiger partial charge in [0.2, 0.25) is 0 Å². The van der Waals surface area contributed by atoms with Crippen LogP contribution in [0.15, 0.2) is 0 Å². The molecule has 1 aliphatic rings. The van der Waals surface area contributed by atoms with Crippen LogP contribution >= 0.6 is 0 Å². The van der Waals surface area contributed by atoms with Gasteiger partial charge in [0, 0.05) is 20.2 Å². The number of ether oxygens (including phenoxy) is 2. The predicted octanol–water partition coefficient (Wildman–Crippen LogP) is -0.177. The first-order chi connectivity index (χ1) is 9.47. The summed E-state index contributed by atoms with van der Waals surface area (Å²) in [4.78, 5) is 35.6. The van der Waals surface area contributed by atoms with Crippen molar-refractivity contribution in [2.75, 3.05) is 27.3 Å². The van der Waals surface area contributed by atoms with Crippen LogP contribution in [-0.2, 0) is 19.1 Å². The zero-order valence-corrected chi connectivity index (χ0v) is 11.6. The van der Waals surface area contributed by atoms with Gasteiger partial charge in [-0.2, -0.15) is 0 Å². The molecule has 0 aromatic rings. The second kappa shape index (κ2) is 7.68. The number of carboxylic acids is 1. The molecule has 1 aliphatic heterocycles. The quantitative estimate of drug-likeness (QED) is 0.680. The van der Waals surface area contributed by atoms with Crippen molar-refractivity contribution in [3.63, 3.8) is 0 Å². The molecule has 1 heterocycles. The third-order valence-corrected chi connectivity index (χ3v) is 3.26. The molecular weight excluding hydrogens is 268 g/mol. The molecule has 0 bridgehead atoms. The fourth-order valence-electron chi connectivity index (χ4n) is 1.99. The zero-order chi connectivity index (χ0) is 15.1. The first-order valence-corrected chi connectivity index (χ1v) is 6.35. The van der Waals surface area contributed by atoms with Crippen LogP contribution in [0.4, 0.5) is 4.79 Å². The third kappa shape index (κ3) is 4.69. The molecule has 1 atom stereocenters. The summed E-state index contributed by atoms with van der Waals surface area (Å²) in [6.07, 6.45) is 1.15. The molecule has 0 unspecified atom stereocenters. The number of nitrogens with zero attached hydrogens (tertiary/aromatic N) is 1. The van der Waals surface area contributed by atoms with Crippen LogP contribution in [0, 0.1) is 0 Å². The van der Waals surface area contributed by atoms with Crippen LogP contribution in [0.1, 0.15) is 19.3 Å². The summed E-state index contributed by atoms with van der Waals surface area (Å²) in [5.74, 6) is -1.95. The molecule has 114 valence electrons. The number of rotatable bonds is 5. The van der Waals surface area contributed by atoms with Gasteiger partial charge in [0.25, 0.3) is 0 Å². The molecule has 0 aliphatic carbocycles. The molecule has 2 amide bonds. The molecule has 1 fully saturated rings. The van der Waals surface area contributed by atoms with Crippen LogP contribution in [0.25, 0.3) is 0 Å². The van der Waals surface area contributed by atoms with E-state index in [1.54, 1.807) is 7.11 Å². The number of nitrogens with one attached hydrogen (secondary N) is 1. The van der Waals surface area contributed by atoms with Crippen molar-refractivity contribution in [2.45, 2.75) is 31.4 Å². The highest BCUT2D eigenvalue weighted by Crippen LogP contribution is 2.13. The molecule has 0 spiro atoms. The number of aliphatic carboxylic acids is 1. The van der Waals surface area contributed by atoms with Crippen LogP contribution in [0.3, 0.4) is 0 Å². The Morgan fingerprint density at radius 3 is 2.35 bits per heavy atom. The molecule has 8 nitrogen and oxygen atoms in total. The average Bonchev–Trinajstić information content (AvgIpc) is 2.46. The molecule has 0 radical (unpaired) electrons. The number of carboxylic acid groups (broad SMARTS) is 1. The highest BCUT2D eigenvalue weighted by molar-refractivity contribution is 5.86. The summed E-state index contributed by atoms with van der Waals surface area (Å²) in [5, 5.41) is 11.3. The number of amides is 2. The van der Waals surface area contributed by atoms with Gasteiger partial charge in [-0.05, 0) is 12.8 Å². The van der Waals surface area contributed by atoms with Gasteiger partial charge in [0.15, 0.2) is 0 Å². The van der Waals surface area contributed by atoms with Gasteiger partial charge in [-0.3, -0.25) is 4.79 Å². The lowest BCUT2D eigenvalue weighted by molar-refractivity contribution is -0.147. The maximum atomic E-state index is 11.9. The van der Waals surface area contributed by atoms with Gasteiger partial charge in [-0.15, -0.1) is 0 Å². The number of hydrogen-bond donors (Lipinski definition) is 2. The smallest absolute Gasteiger partial charge is 0.326 e. The van der Waals surface area contributed by atoms with Crippen LogP contribution in [0.5, 0.6) is 0 Å². The Hall–Kier alpha value is -1.83. The van der Waals surface area contributed by atoms with Gasteiger partial charge < -0.3 is 24.8 Å². The largest absolute Gasteiger partial charge is 0.480 e. The van der Waals surface area contributed by atoms with Crippen molar-refractivity contribution < 1.29 is 29.0 Å². The number of hydrogen-bond acceptors (Lipinski definition) is 5. The summed E-state index contributed by atoms with van der Waals surface area (Å²) in [7, 11) is 2.79. The van der Waals surface area contributed by atoms with E-state index in [2.05, 4.69) is 10.1 Å². The minimum absolute atomic E-state index is 0.129. The van der Waals surface area contributed by atoms with Crippen molar-refractivity contribution >= 4 is 18.0 Å². The Labute approximate surface area is 117 Å². The van der Waals surface area contributed by atoms with Crippen molar-refractivity contribution in [3.05, 3.63) is 0 Å². The second-order valence-electron chi connectivity index (χ2n) is 4.54. The summed E-state index contributed by atoms with van der Waals surface area (Å²) in [6, 6.07) is -1.77. The summed E-state index contributed by atoms with van der Waals surface area (Å²) in [6.45, 7) is 0.990. The lowest BCUT2D eigenvalue weighted by atomic mass is 10.1. The van der Waals surface area contributed by atoms with E-state index < -0.39 is 30.4 Å². The Morgan fingerprint density at radius 2 is 1.90 bits per heavy atom. The molecule has 0 aromatic heterocycles. The molecule has 20 heavy (non-hydrogen) atoms. The van der Waals surface area contributed by atoms with Gasteiger partial charge in [0.1, 0.15) is 6.04 Å². The van der Waals surface area contributed by atoms with E-state index in [0.29, 0.717) is 25.9 Å². The minimum atomic E-state index is -1.28. The van der Waals surface area contributed by atoms with E-state index >= 15 is 0 Å². The van der Waals surface area contributed by atoms with E-state index in [9.17, 15) is 14.4 Å². The lowest BCUT2D eigenvalue weighted by Crippen LogP contribution is -2.51. The third-order valence-electron chi connectivity index (χ3n) is 3.26. The Kier molecular flexibility index (Phi) is 6.23. The molecule has 8 heteroatoms. The number of methoxy groups -OCH3 is 2. The first-order valence-electron chi connectivity index (χ1n) is 6.35. The molecule has 0 saturated carbocycles. The fraction of sp³-hybridized carbons (Fsp3) is 0.750. The summed E-state index contributed by atoms with van der Waals surface area (Å²) >= 11 is 0. The molecule has 0 aromatic carbocycles. The van der Waals surface area contributed by atoms with Gasteiger partial charge in [-0.25, -0.2) is 9.59 Å². The fourth-order valence-corrected chi connectivity index (χ4v) is 1.99. The van der Waals surface area contributed by atoms with E-state index in [4.69, 9.17) is 9.84 Å². The van der Waals surface area contributed by atoms with Crippen LogP contribution in [-0.4, -0.2) is 67.4 Å². The minimum Gasteiger partial charge on any atom is -0.480 e. The standard InChI is InChI=1S/C12H20N2O6/c1-19-8-3-5-14(6-4-8)12(18)13-9(11(16)17)7-10(15)20-2/h8-9H,3-7H2,1-2H3,(H,13,18)(H,16,17)/t9-/m0/s1. The average molecular weight is 288 g/mol. The zero-order valence-electron chi connectivity index (χ0n) is 11.6. The normalized spacial score (nSPS) is 17.4. The highest BCUT2D eigenvalue weighted by Gasteiger charge is 2.28. The van der Waals surface area contributed by atoms with Crippen LogP contribution in [0.2, 0.25) is 0 Å². The highest BCUT2D eigenvalue weighted by atomic mass is 16.5. The monoisotopic (exact) mass is 288 g/mol. The maximum absolute atomic E-state index is 11.9. The van der Waals surface area contributed by atoms with Crippen molar-refractivity contribution in [1.82, 2.24) is 10.2 Å². The topological polar surface area (TPSA) is 105 Å². The molecule has 1 rings (SSSR count). The number of urea groups is 1. The Morgan fingerprint density at radius 1 is 1.30 bits per heavy atom. The molecule has 2 N–H and O–H groups in total. The lowest BCUT2D eigenvalue weighted by Gasteiger charge is -2.32. The van der Waals surface area contributed by atoms with Crippen LogP contribution < -0.4 is 5.32 Å². The van der Waals surface area contributed by atoms with E-state index in [0.717, 1.165) is 0 Å². The van der Waals surface area contributed by atoms with Crippen molar-refractivity contribution in [1.29, 1.82) is 0 Å². The predicted molar refractivity (Wildman–Crippen MR) is 68.2 cm³/mol. The van der Waals surface area contributed by atoms with Gasteiger partial charge in [-0.1, -0.05) is 0 Å². The number of carbonyl (C=O) groups is 3. The summed E-state index contributed by atoms with van der Waals surface area (Å²) in [5.41, 5.74) is 0. The van der Waals surface area contributed by atoms with E-state index in [1.165, 1.54) is 12.0 Å². The van der Waals surface area contributed by atoms with Crippen molar-refractivity contribution in [2.24, 2.45) is 0 Å². The first kappa shape index (κ1) is 16.2. The van der Waals surface area contributed by atoms with E-state index in [1.807, 2.05) is 0 Å². The molecular formula is C12H20N2O6. The van der Waals surface area contributed by atoms with Crippen molar-refractivity contribution in [3.8, 4) is 0 Å². The number of esters is 1. The van der Waals surface area contributed by atoms with Gasteiger partial charge in [0.05, 0.1) is 19.6 Å². The van der Waals surface area contributed by atoms with E-state index in [-0.39, 0.29) is 6.10 Å². The number of piperidine rings is 1. The molecule has 1 saturated heterocycles. The Bertz CT molecular complexity index is 365. The van der Waals surface area contributed by atoms with Gasteiger partial charge >= 0.3 is 18.0 Å². The SMILES string of the molecule is COC(=O)C[C@H](NC(=O)N1CCC(OC)CC1)C(=O)O. The second-order valence-corrected chi connectivity index (χ2v) is 4.54. The Balaban J connectivity index is 2.50.